The van der Waals surface area contributed by atoms with Gasteiger partial charge < -0.3 is 14.8 Å². The van der Waals surface area contributed by atoms with Crippen LogP contribution in [-0.2, 0) is 0 Å². The fraction of sp³-hybridized carbons (Fsp3) is 0.462. The van der Waals surface area contributed by atoms with Crippen molar-refractivity contribution in [2.24, 2.45) is 10.8 Å². The minimum absolute atomic E-state index is 0.528. The molecule has 1 aromatic carbocycles. The van der Waals surface area contributed by atoms with Gasteiger partial charge in [0.05, 0.1) is 14.2 Å². The third-order valence-corrected chi connectivity index (χ3v) is 2.56. The van der Waals surface area contributed by atoms with Crippen molar-refractivity contribution in [3.05, 3.63) is 18.2 Å². The van der Waals surface area contributed by atoms with Gasteiger partial charge in [-0.3, -0.25) is 10.4 Å². The first-order valence-electron chi connectivity index (χ1n) is 6.25. The zero-order chi connectivity index (χ0) is 14.1. The van der Waals surface area contributed by atoms with Crippen molar-refractivity contribution in [2.45, 2.75) is 19.8 Å². The van der Waals surface area contributed by atoms with Gasteiger partial charge in [-0.25, -0.2) is 5.84 Å². The lowest BCUT2D eigenvalue weighted by Gasteiger charge is -2.12. The van der Waals surface area contributed by atoms with Crippen molar-refractivity contribution in [3.63, 3.8) is 0 Å². The number of benzene rings is 1. The molecular weight excluding hydrogens is 244 g/mol. The number of nitrogens with zero attached hydrogens (tertiary/aromatic N) is 1. The van der Waals surface area contributed by atoms with E-state index in [2.05, 4.69) is 22.7 Å². The van der Waals surface area contributed by atoms with Crippen LogP contribution >= 0.6 is 0 Å². The number of guanidine groups is 1. The Bertz CT molecular complexity index is 421. The van der Waals surface area contributed by atoms with Crippen LogP contribution < -0.4 is 26.1 Å². The molecule has 0 unspecified atom stereocenters. The number of ether oxygens (including phenoxy) is 2. The molecular formula is C13H22N4O2. The highest BCUT2D eigenvalue weighted by atomic mass is 16.5. The van der Waals surface area contributed by atoms with Crippen LogP contribution in [0.2, 0.25) is 0 Å². The van der Waals surface area contributed by atoms with Gasteiger partial charge in [0.2, 0.25) is 5.96 Å². The van der Waals surface area contributed by atoms with Crippen molar-refractivity contribution < 1.29 is 9.47 Å². The van der Waals surface area contributed by atoms with Gasteiger partial charge in [0, 0.05) is 18.3 Å². The van der Waals surface area contributed by atoms with Gasteiger partial charge in [0.15, 0.2) is 11.5 Å². The molecule has 1 aromatic rings. The Morgan fingerprint density at radius 2 is 2.00 bits per heavy atom. The smallest absolute Gasteiger partial charge is 0.210 e. The number of aliphatic imine (C=N–C) groups is 1. The molecule has 0 heterocycles. The predicted molar refractivity (Wildman–Crippen MR) is 77.7 cm³/mol. The zero-order valence-electron chi connectivity index (χ0n) is 11.7. The minimum Gasteiger partial charge on any atom is -0.493 e. The van der Waals surface area contributed by atoms with Gasteiger partial charge in [-0.05, 0) is 18.6 Å². The van der Waals surface area contributed by atoms with Crippen LogP contribution in [0.4, 0.5) is 5.69 Å². The van der Waals surface area contributed by atoms with E-state index in [0.29, 0.717) is 17.5 Å². The van der Waals surface area contributed by atoms with Crippen molar-refractivity contribution in [2.75, 3.05) is 26.1 Å². The first-order chi connectivity index (χ1) is 9.24. The summed E-state index contributed by atoms with van der Waals surface area (Å²) in [5, 5.41) is 3.09. The third kappa shape index (κ3) is 4.67. The maximum Gasteiger partial charge on any atom is 0.210 e. The highest BCUT2D eigenvalue weighted by molar-refractivity contribution is 5.93. The Balaban J connectivity index is 2.77. The van der Waals surface area contributed by atoms with E-state index in [0.717, 1.165) is 25.1 Å². The summed E-state index contributed by atoms with van der Waals surface area (Å²) in [7, 11) is 3.20. The van der Waals surface area contributed by atoms with Crippen molar-refractivity contribution in [1.29, 1.82) is 0 Å². The summed E-state index contributed by atoms with van der Waals surface area (Å²) in [6, 6.07) is 5.51. The van der Waals surface area contributed by atoms with Gasteiger partial charge in [-0.15, -0.1) is 0 Å². The summed E-state index contributed by atoms with van der Waals surface area (Å²) in [4.78, 5) is 4.32. The molecule has 19 heavy (non-hydrogen) atoms. The van der Waals surface area contributed by atoms with Crippen LogP contribution in [-0.4, -0.2) is 26.7 Å². The summed E-state index contributed by atoms with van der Waals surface area (Å²) in [5.41, 5.74) is 3.37. The molecule has 0 saturated carbocycles. The average molecular weight is 266 g/mol. The van der Waals surface area contributed by atoms with E-state index in [-0.39, 0.29) is 0 Å². The fourth-order valence-electron chi connectivity index (χ4n) is 1.52. The molecule has 6 heteroatoms. The van der Waals surface area contributed by atoms with E-state index in [1.54, 1.807) is 14.2 Å². The van der Waals surface area contributed by atoms with E-state index in [9.17, 15) is 0 Å². The number of nitrogens with one attached hydrogen (secondary N) is 2. The van der Waals surface area contributed by atoms with E-state index >= 15 is 0 Å². The highest BCUT2D eigenvalue weighted by Gasteiger charge is 2.05. The Morgan fingerprint density at radius 3 is 2.58 bits per heavy atom. The Labute approximate surface area is 114 Å². The van der Waals surface area contributed by atoms with Crippen LogP contribution in [0, 0.1) is 0 Å². The average Bonchev–Trinajstić information content (AvgIpc) is 2.46. The van der Waals surface area contributed by atoms with Crippen LogP contribution in [0.15, 0.2) is 23.2 Å². The van der Waals surface area contributed by atoms with E-state index < -0.39 is 0 Å². The number of anilines is 1. The summed E-state index contributed by atoms with van der Waals surface area (Å²) < 4.78 is 10.4. The van der Waals surface area contributed by atoms with Crippen molar-refractivity contribution in [3.8, 4) is 11.5 Å². The number of hydrogen-bond acceptors (Lipinski definition) is 4. The molecule has 0 aliphatic rings. The first kappa shape index (κ1) is 15.1. The second-order valence-electron chi connectivity index (χ2n) is 3.92. The first-order valence-corrected chi connectivity index (χ1v) is 6.25. The lowest BCUT2D eigenvalue weighted by Crippen LogP contribution is -2.36. The molecule has 0 radical (unpaired) electrons. The Kier molecular flexibility index (Phi) is 6.52. The van der Waals surface area contributed by atoms with E-state index in [4.69, 9.17) is 15.3 Å². The molecule has 0 atom stereocenters. The van der Waals surface area contributed by atoms with E-state index in [1.165, 1.54) is 0 Å². The number of nitrogens with two attached hydrogens (primary N) is 1. The van der Waals surface area contributed by atoms with Crippen molar-refractivity contribution >= 4 is 11.6 Å². The molecule has 0 bridgehead atoms. The van der Waals surface area contributed by atoms with Crippen LogP contribution in [0.25, 0.3) is 0 Å². The highest BCUT2D eigenvalue weighted by Crippen LogP contribution is 2.29. The van der Waals surface area contributed by atoms with Crippen LogP contribution in [0.3, 0.4) is 0 Å². The van der Waals surface area contributed by atoms with Gasteiger partial charge in [-0.1, -0.05) is 13.3 Å². The van der Waals surface area contributed by atoms with Crippen LogP contribution in [0.1, 0.15) is 19.8 Å². The summed E-state index contributed by atoms with van der Waals surface area (Å²) >= 11 is 0. The maximum absolute atomic E-state index is 5.43. The zero-order valence-corrected chi connectivity index (χ0v) is 11.7. The topological polar surface area (TPSA) is 80.9 Å². The number of methoxy groups -OCH3 is 2. The van der Waals surface area contributed by atoms with Crippen molar-refractivity contribution in [1.82, 2.24) is 5.43 Å². The van der Waals surface area contributed by atoms with E-state index in [1.807, 2.05) is 18.2 Å². The molecule has 1 rings (SSSR count). The number of unbranched alkanes of at least 4 members (excludes halogenated alkanes) is 1. The SMILES string of the molecule is CCCCN=C(NN)Nc1ccc(OC)c(OC)c1. The fourth-order valence-corrected chi connectivity index (χ4v) is 1.52. The third-order valence-electron chi connectivity index (χ3n) is 2.56. The van der Waals surface area contributed by atoms with Gasteiger partial charge in [-0.2, -0.15) is 0 Å². The minimum atomic E-state index is 0.528. The summed E-state index contributed by atoms with van der Waals surface area (Å²) in [6.45, 7) is 2.85. The lowest BCUT2D eigenvalue weighted by atomic mass is 10.3. The lowest BCUT2D eigenvalue weighted by molar-refractivity contribution is 0.355. The molecule has 4 N–H and O–H groups in total. The quantitative estimate of drug-likeness (QED) is 0.240. The molecule has 0 spiro atoms. The molecule has 0 saturated heterocycles. The molecule has 106 valence electrons. The monoisotopic (exact) mass is 266 g/mol. The largest absolute Gasteiger partial charge is 0.493 e. The van der Waals surface area contributed by atoms with Gasteiger partial charge in [0.1, 0.15) is 0 Å². The second-order valence-corrected chi connectivity index (χ2v) is 3.92. The number of rotatable bonds is 6. The normalized spacial score (nSPS) is 11.1. The molecule has 0 aliphatic heterocycles. The Morgan fingerprint density at radius 1 is 1.26 bits per heavy atom. The maximum atomic E-state index is 5.43. The standard InChI is InChI=1S/C13H22N4O2/c1-4-5-8-15-13(17-14)16-10-6-7-11(18-2)12(9-10)19-3/h6-7,9H,4-5,8,14H2,1-3H3,(H2,15,16,17). The molecule has 0 fully saturated rings. The number of hydrogen-bond donors (Lipinski definition) is 3. The molecule has 0 aromatic heterocycles. The molecule has 0 amide bonds. The predicted octanol–water partition coefficient (Wildman–Crippen LogP) is 1.74. The Hall–Kier alpha value is -1.95. The second kappa shape index (κ2) is 8.20. The van der Waals surface area contributed by atoms with Crippen LogP contribution in [0.5, 0.6) is 11.5 Å². The molecule has 0 aliphatic carbocycles. The van der Waals surface area contributed by atoms with Gasteiger partial charge >= 0.3 is 0 Å². The number of hydrazine groups is 1. The summed E-state index contributed by atoms with van der Waals surface area (Å²) in [5.74, 6) is 7.29. The molecule has 6 nitrogen and oxygen atoms in total. The summed E-state index contributed by atoms with van der Waals surface area (Å²) in [6.07, 6.45) is 2.12. The van der Waals surface area contributed by atoms with Gasteiger partial charge in [0.25, 0.3) is 0 Å².